The fourth-order valence-electron chi connectivity index (χ4n) is 2.31. The average Bonchev–Trinajstić information content (AvgIpc) is 2.68. The lowest BCUT2D eigenvalue weighted by Gasteiger charge is -2.13. The summed E-state index contributed by atoms with van der Waals surface area (Å²) in [5, 5.41) is 19.2. The molecule has 0 atom stereocenters. The maximum atomic E-state index is 12.3. The lowest BCUT2D eigenvalue weighted by molar-refractivity contribution is 0.0641. The van der Waals surface area contributed by atoms with Gasteiger partial charge in [-0.2, -0.15) is 0 Å². The van der Waals surface area contributed by atoms with Crippen LogP contribution in [0, 0.1) is 0 Å². The van der Waals surface area contributed by atoms with Crippen LogP contribution < -0.4 is 0 Å². The number of phenols is 2. The number of benzene rings is 2. The predicted molar refractivity (Wildman–Crippen MR) is 78.1 cm³/mol. The van der Waals surface area contributed by atoms with E-state index in [0.29, 0.717) is 0 Å². The zero-order valence-electron chi connectivity index (χ0n) is 10.7. The molecule has 2 aromatic rings. The normalized spacial score (nSPS) is 13.7. The van der Waals surface area contributed by atoms with Gasteiger partial charge in [-0.15, -0.1) is 0 Å². The van der Waals surface area contributed by atoms with Crippen LogP contribution in [-0.4, -0.2) is 26.9 Å². The summed E-state index contributed by atoms with van der Waals surface area (Å²) in [7, 11) is 0. The summed E-state index contributed by atoms with van der Waals surface area (Å²) in [5.74, 6) is -2.06. The minimum absolute atomic E-state index is 0.102. The van der Waals surface area contributed by atoms with Crippen molar-refractivity contribution < 1.29 is 19.8 Å². The van der Waals surface area contributed by atoms with Gasteiger partial charge in [0.15, 0.2) is 11.5 Å². The van der Waals surface area contributed by atoms with Crippen molar-refractivity contribution in [3.8, 4) is 11.5 Å². The molecule has 0 fully saturated rings. The average molecular weight is 348 g/mol. The number of phenolic OH excluding ortho intramolecular Hbond substituents is 2. The molecule has 1 aliphatic rings. The Morgan fingerprint density at radius 3 is 2.52 bits per heavy atom. The maximum Gasteiger partial charge on any atom is 0.265 e. The molecule has 106 valence electrons. The fourth-order valence-corrected chi connectivity index (χ4v) is 2.76. The molecule has 0 aliphatic carbocycles. The molecule has 0 saturated carbocycles. The lowest BCUT2D eigenvalue weighted by Crippen LogP contribution is -2.29. The lowest BCUT2D eigenvalue weighted by atomic mass is 10.1. The van der Waals surface area contributed by atoms with Gasteiger partial charge >= 0.3 is 0 Å². The topological polar surface area (TPSA) is 77.8 Å². The van der Waals surface area contributed by atoms with Crippen molar-refractivity contribution in [3.05, 3.63) is 57.6 Å². The molecule has 2 N–H and O–H groups in total. The molecule has 21 heavy (non-hydrogen) atoms. The van der Waals surface area contributed by atoms with E-state index in [1.165, 1.54) is 12.1 Å². The standard InChI is InChI=1S/C15H10BrNO4/c16-9-3-1-2-8(6-9)7-17-14(20)10-4-5-11(18)13(19)12(10)15(17)21/h1-6,18-19H,7H2. The van der Waals surface area contributed by atoms with Gasteiger partial charge in [-0.25, -0.2) is 0 Å². The Labute approximate surface area is 128 Å². The van der Waals surface area contributed by atoms with E-state index in [-0.39, 0.29) is 17.7 Å². The van der Waals surface area contributed by atoms with Crippen LogP contribution in [0.4, 0.5) is 0 Å². The Bertz CT molecular complexity index is 772. The van der Waals surface area contributed by atoms with Crippen LogP contribution in [0.15, 0.2) is 40.9 Å². The number of nitrogens with zero attached hydrogens (tertiary/aromatic N) is 1. The molecule has 0 spiro atoms. The molecule has 6 heteroatoms. The minimum Gasteiger partial charge on any atom is -0.504 e. The Balaban J connectivity index is 1.99. The van der Waals surface area contributed by atoms with Crippen molar-refractivity contribution in [2.24, 2.45) is 0 Å². The van der Waals surface area contributed by atoms with Gasteiger partial charge in [0.25, 0.3) is 11.8 Å². The monoisotopic (exact) mass is 347 g/mol. The Morgan fingerprint density at radius 1 is 1.05 bits per heavy atom. The quantitative estimate of drug-likeness (QED) is 0.646. The van der Waals surface area contributed by atoms with Crippen molar-refractivity contribution in [1.82, 2.24) is 4.90 Å². The number of rotatable bonds is 2. The highest BCUT2D eigenvalue weighted by Gasteiger charge is 2.38. The van der Waals surface area contributed by atoms with Crippen molar-refractivity contribution in [2.45, 2.75) is 6.54 Å². The first-order valence-electron chi connectivity index (χ1n) is 6.14. The third-order valence-electron chi connectivity index (χ3n) is 3.32. The molecule has 0 saturated heterocycles. The highest BCUT2D eigenvalue weighted by atomic mass is 79.9. The number of aromatic hydroxyl groups is 2. The Kier molecular flexibility index (Phi) is 3.17. The summed E-state index contributed by atoms with van der Waals surface area (Å²) in [6.45, 7) is 0.103. The van der Waals surface area contributed by atoms with E-state index in [4.69, 9.17) is 0 Å². The second kappa shape index (κ2) is 4.89. The summed E-state index contributed by atoms with van der Waals surface area (Å²) < 4.78 is 0.845. The molecule has 0 radical (unpaired) electrons. The molecule has 1 heterocycles. The van der Waals surface area contributed by atoms with Crippen molar-refractivity contribution in [1.29, 1.82) is 0 Å². The maximum absolute atomic E-state index is 12.3. The molecular formula is C15H10BrNO4. The van der Waals surface area contributed by atoms with Crippen LogP contribution in [0.3, 0.4) is 0 Å². The molecule has 0 bridgehead atoms. The molecular weight excluding hydrogens is 338 g/mol. The first kappa shape index (κ1) is 13.6. The molecule has 2 amide bonds. The molecule has 5 nitrogen and oxygen atoms in total. The van der Waals surface area contributed by atoms with Crippen LogP contribution in [-0.2, 0) is 6.54 Å². The predicted octanol–water partition coefficient (Wildman–Crippen LogP) is 2.66. The summed E-state index contributed by atoms with van der Waals surface area (Å²) in [6.07, 6.45) is 0. The van der Waals surface area contributed by atoms with Gasteiger partial charge in [-0.05, 0) is 29.8 Å². The van der Waals surface area contributed by atoms with E-state index < -0.39 is 23.3 Å². The zero-order chi connectivity index (χ0) is 15.1. The fraction of sp³-hybridized carbons (Fsp3) is 0.0667. The first-order chi connectivity index (χ1) is 9.99. The largest absolute Gasteiger partial charge is 0.504 e. The number of halogens is 1. The molecule has 0 unspecified atom stereocenters. The number of hydrogen-bond acceptors (Lipinski definition) is 4. The van der Waals surface area contributed by atoms with E-state index in [0.717, 1.165) is 14.9 Å². The van der Waals surface area contributed by atoms with Gasteiger partial charge in [0.1, 0.15) is 0 Å². The van der Waals surface area contributed by atoms with Gasteiger partial charge < -0.3 is 10.2 Å². The van der Waals surface area contributed by atoms with Gasteiger partial charge in [0, 0.05) is 4.47 Å². The second-order valence-corrected chi connectivity index (χ2v) is 5.60. The van der Waals surface area contributed by atoms with Crippen LogP contribution in [0.1, 0.15) is 26.3 Å². The van der Waals surface area contributed by atoms with Gasteiger partial charge in [0.05, 0.1) is 17.7 Å². The van der Waals surface area contributed by atoms with E-state index in [1.54, 1.807) is 18.2 Å². The van der Waals surface area contributed by atoms with E-state index in [1.807, 2.05) is 6.07 Å². The minimum atomic E-state index is -0.608. The van der Waals surface area contributed by atoms with Gasteiger partial charge in [0.2, 0.25) is 0 Å². The summed E-state index contributed by atoms with van der Waals surface area (Å²) >= 11 is 3.33. The second-order valence-electron chi connectivity index (χ2n) is 4.68. The number of carbonyl (C=O) groups excluding carboxylic acids is 2. The Hall–Kier alpha value is -2.34. The van der Waals surface area contributed by atoms with Crippen LogP contribution in [0.2, 0.25) is 0 Å². The molecule has 3 rings (SSSR count). The van der Waals surface area contributed by atoms with Gasteiger partial charge in [-0.3, -0.25) is 14.5 Å². The Morgan fingerprint density at radius 2 is 1.81 bits per heavy atom. The van der Waals surface area contributed by atoms with E-state index in [2.05, 4.69) is 15.9 Å². The SMILES string of the molecule is O=C1c2ccc(O)c(O)c2C(=O)N1Cc1cccc(Br)c1. The van der Waals surface area contributed by atoms with Crippen LogP contribution >= 0.6 is 15.9 Å². The summed E-state index contributed by atoms with van der Waals surface area (Å²) in [5.41, 5.74) is 0.739. The first-order valence-corrected chi connectivity index (χ1v) is 6.94. The summed E-state index contributed by atoms with van der Waals surface area (Å²) in [4.78, 5) is 25.6. The smallest absolute Gasteiger partial charge is 0.265 e. The van der Waals surface area contributed by atoms with Crippen LogP contribution in [0.25, 0.3) is 0 Å². The summed E-state index contributed by atoms with van der Waals surface area (Å²) in [6, 6.07) is 9.79. The molecule has 1 aliphatic heterocycles. The highest BCUT2D eigenvalue weighted by Crippen LogP contribution is 2.37. The number of carbonyl (C=O) groups is 2. The van der Waals surface area contributed by atoms with E-state index in [9.17, 15) is 19.8 Å². The van der Waals surface area contributed by atoms with Crippen molar-refractivity contribution in [3.63, 3.8) is 0 Å². The number of imide groups is 1. The van der Waals surface area contributed by atoms with Gasteiger partial charge in [-0.1, -0.05) is 28.1 Å². The van der Waals surface area contributed by atoms with Crippen LogP contribution in [0.5, 0.6) is 11.5 Å². The highest BCUT2D eigenvalue weighted by molar-refractivity contribution is 9.10. The molecule has 0 aromatic heterocycles. The molecule has 2 aromatic carbocycles. The van der Waals surface area contributed by atoms with E-state index >= 15 is 0 Å². The third kappa shape index (κ3) is 2.17. The third-order valence-corrected chi connectivity index (χ3v) is 3.81. The number of amides is 2. The zero-order valence-corrected chi connectivity index (χ0v) is 12.3. The van der Waals surface area contributed by atoms with Crippen molar-refractivity contribution in [2.75, 3.05) is 0 Å². The van der Waals surface area contributed by atoms with Crippen molar-refractivity contribution >= 4 is 27.7 Å². The number of hydrogen-bond donors (Lipinski definition) is 2. The number of fused-ring (bicyclic) bond motifs is 1.